The third-order valence-corrected chi connectivity index (χ3v) is 7.61. The van der Waals surface area contributed by atoms with Crippen LogP contribution in [0.3, 0.4) is 0 Å². The van der Waals surface area contributed by atoms with Crippen molar-refractivity contribution in [3.8, 4) is 0 Å². The van der Waals surface area contributed by atoms with Gasteiger partial charge in [0, 0.05) is 12.5 Å². The van der Waals surface area contributed by atoms with Crippen LogP contribution >= 0.6 is 0 Å². The number of carbonyl (C=O) groups is 1. The zero-order valence-electron chi connectivity index (χ0n) is 16.2. The first kappa shape index (κ1) is 19.8. The molecule has 0 aliphatic carbocycles. The average molecular weight is 413 g/mol. The van der Waals surface area contributed by atoms with Crippen LogP contribution in [0.15, 0.2) is 65.6 Å². The van der Waals surface area contributed by atoms with Gasteiger partial charge >= 0.3 is 0 Å². The molecule has 0 aromatic heterocycles. The molecular weight excluding hydrogens is 388 g/mol. The van der Waals surface area contributed by atoms with E-state index in [0.29, 0.717) is 0 Å². The molecule has 29 heavy (non-hydrogen) atoms. The van der Waals surface area contributed by atoms with E-state index in [2.05, 4.69) is 0 Å². The third kappa shape index (κ3) is 3.39. The van der Waals surface area contributed by atoms with E-state index in [9.17, 15) is 18.3 Å². The topological polar surface area (TPSA) is 77.9 Å². The van der Waals surface area contributed by atoms with Crippen LogP contribution in [0.1, 0.15) is 24.0 Å². The lowest BCUT2D eigenvalue weighted by Gasteiger charge is -2.58. The second kappa shape index (κ2) is 7.74. The van der Waals surface area contributed by atoms with E-state index >= 15 is 0 Å². The van der Waals surface area contributed by atoms with Gasteiger partial charge in [-0.2, -0.15) is 4.31 Å². The minimum Gasteiger partial charge on any atom is -0.394 e. The van der Waals surface area contributed by atoms with Gasteiger partial charge in [-0.1, -0.05) is 54.6 Å². The average Bonchev–Trinajstić information content (AvgIpc) is 2.71. The second-order valence-corrected chi connectivity index (χ2v) is 9.36. The molecule has 4 rings (SSSR count). The number of amides is 1. The van der Waals surface area contributed by atoms with E-state index < -0.39 is 10.0 Å². The fourth-order valence-corrected chi connectivity index (χ4v) is 5.84. The molecule has 0 saturated carbocycles. The molecule has 2 fully saturated rings. The first-order chi connectivity index (χ1) is 14.0. The van der Waals surface area contributed by atoms with Crippen molar-refractivity contribution >= 4 is 22.0 Å². The van der Waals surface area contributed by atoms with Gasteiger partial charge in [0.25, 0.3) is 0 Å². The predicted octanol–water partition coefficient (Wildman–Crippen LogP) is 2.08. The van der Waals surface area contributed by atoms with Gasteiger partial charge in [-0.15, -0.1) is 0 Å². The molecule has 0 spiro atoms. The van der Waals surface area contributed by atoms with Crippen molar-refractivity contribution in [1.29, 1.82) is 0 Å². The Bertz CT molecular complexity index is 1020. The quantitative estimate of drug-likeness (QED) is 0.816. The lowest BCUT2D eigenvalue weighted by Crippen LogP contribution is -2.73. The Labute approximate surface area is 171 Å². The van der Waals surface area contributed by atoms with E-state index in [1.54, 1.807) is 35.2 Å². The molecule has 1 amide bonds. The number of piperazine rings is 1. The molecule has 0 unspecified atom stereocenters. The van der Waals surface area contributed by atoms with E-state index in [4.69, 9.17) is 0 Å². The number of fused-ring (bicyclic) bond motifs is 1. The largest absolute Gasteiger partial charge is 0.394 e. The highest BCUT2D eigenvalue weighted by Crippen LogP contribution is 2.43. The van der Waals surface area contributed by atoms with E-state index in [-0.39, 0.29) is 48.5 Å². The summed E-state index contributed by atoms with van der Waals surface area (Å²) in [6.07, 6.45) is 3.96. The molecular formula is C22H24N2O4S. The molecule has 152 valence electrons. The summed E-state index contributed by atoms with van der Waals surface area (Å²) in [5.41, 5.74) is 2.08. The molecule has 0 radical (unpaired) electrons. The van der Waals surface area contributed by atoms with E-state index in [0.717, 1.165) is 11.1 Å². The summed E-state index contributed by atoms with van der Waals surface area (Å²) >= 11 is 0. The molecule has 2 aromatic carbocycles. The summed E-state index contributed by atoms with van der Waals surface area (Å²) in [4.78, 5) is 14.6. The molecule has 6 nitrogen and oxygen atoms in total. The van der Waals surface area contributed by atoms with Gasteiger partial charge in [0.15, 0.2) is 0 Å². The van der Waals surface area contributed by atoms with Gasteiger partial charge in [-0.05, 0) is 30.2 Å². The molecule has 2 aliphatic heterocycles. The van der Waals surface area contributed by atoms with Crippen LogP contribution in [0.25, 0.3) is 6.08 Å². The second-order valence-electron chi connectivity index (χ2n) is 7.42. The summed E-state index contributed by atoms with van der Waals surface area (Å²) in [7, 11) is -3.75. The Kier molecular flexibility index (Phi) is 5.29. The molecule has 2 heterocycles. The number of hydrogen-bond acceptors (Lipinski definition) is 4. The Morgan fingerprint density at radius 1 is 1.10 bits per heavy atom. The number of allylic oxidation sites excluding steroid dienone is 1. The molecule has 7 heteroatoms. The predicted molar refractivity (Wildman–Crippen MR) is 111 cm³/mol. The SMILES string of the molecule is C/C=C/c1ccc([C@H]2[C@H](CO)N3C(=O)CN(S(=O)(=O)c4ccccc4)C[C@@H]23)cc1. The number of nitrogens with zero attached hydrogens (tertiary/aromatic N) is 2. The van der Waals surface area contributed by atoms with Gasteiger partial charge in [0.05, 0.1) is 30.1 Å². The maximum atomic E-state index is 13.0. The smallest absolute Gasteiger partial charge is 0.243 e. The van der Waals surface area contributed by atoms with Crippen molar-refractivity contribution in [3.05, 3.63) is 71.8 Å². The summed E-state index contributed by atoms with van der Waals surface area (Å²) in [6.45, 7) is 1.84. The highest BCUT2D eigenvalue weighted by molar-refractivity contribution is 7.89. The summed E-state index contributed by atoms with van der Waals surface area (Å²) in [5, 5.41) is 9.88. The van der Waals surface area contributed by atoms with Crippen LogP contribution in [0, 0.1) is 0 Å². The van der Waals surface area contributed by atoms with E-state index in [1.165, 1.54) is 4.31 Å². The zero-order valence-corrected chi connectivity index (χ0v) is 17.0. The Balaban J connectivity index is 1.62. The van der Waals surface area contributed by atoms with Crippen LogP contribution < -0.4 is 0 Å². The highest BCUT2D eigenvalue weighted by Gasteiger charge is 2.55. The van der Waals surface area contributed by atoms with Crippen molar-refractivity contribution in [3.63, 3.8) is 0 Å². The van der Waals surface area contributed by atoms with E-state index in [1.807, 2.05) is 43.3 Å². The summed E-state index contributed by atoms with van der Waals surface area (Å²) < 4.78 is 27.3. The molecule has 3 atom stereocenters. The Hall–Kier alpha value is -2.48. The lowest BCUT2D eigenvalue weighted by molar-refractivity contribution is -0.158. The number of benzene rings is 2. The minimum absolute atomic E-state index is 0.0996. The van der Waals surface area contributed by atoms with Gasteiger partial charge in [-0.25, -0.2) is 8.42 Å². The van der Waals surface area contributed by atoms with Crippen LogP contribution in [0.2, 0.25) is 0 Å². The van der Waals surface area contributed by atoms with Gasteiger partial charge < -0.3 is 10.0 Å². The summed E-state index contributed by atoms with van der Waals surface area (Å²) in [6, 6.07) is 15.6. The van der Waals surface area contributed by atoms with Gasteiger partial charge in [-0.3, -0.25) is 4.79 Å². The van der Waals surface area contributed by atoms with Crippen molar-refractivity contribution in [1.82, 2.24) is 9.21 Å². The lowest BCUT2D eigenvalue weighted by atomic mass is 9.74. The summed E-state index contributed by atoms with van der Waals surface area (Å²) in [5.74, 6) is -0.362. The van der Waals surface area contributed by atoms with Crippen LogP contribution in [-0.2, 0) is 14.8 Å². The maximum Gasteiger partial charge on any atom is 0.243 e. The van der Waals surface area contributed by atoms with Crippen LogP contribution in [0.4, 0.5) is 0 Å². The first-order valence-electron chi connectivity index (χ1n) is 9.67. The number of hydrogen-bond donors (Lipinski definition) is 1. The Morgan fingerprint density at radius 3 is 2.41 bits per heavy atom. The fourth-order valence-electron chi connectivity index (χ4n) is 4.42. The number of aliphatic hydroxyl groups is 1. The number of aliphatic hydroxyl groups excluding tert-OH is 1. The number of carbonyl (C=O) groups excluding carboxylic acids is 1. The van der Waals surface area contributed by atoms with Crippen molar-refractivity contribution in [2.24, 2.45) is 0 Å². The number of sulfonamides is 1. The standard InChI is InChI=1S/C22H24N2O4S/c1-2-6-16-9-11-17(12-10-16)22-19-13-23(14-21(26)24(19)20(22)15-25)29(27,28)18-7-4-3-5-8-18/h2-12,19-20,22,25H,13-15H2,1H3/b6-2+/t19-,20-,22+/m0/s1. The van der Waals surface area contributed by atoms with Crippen molar-refractivity contribution in [2.75, 3.05) is 19.7 Å². The first-order valence-corrected chi connectivity index (χ1v) is 11.1. The molecule has 2 saturated heterocycles. The molecule has 1 N–H and O–H groups in total. The monoisotopic (exact) mass is 412 g/mol. The fraction of sp³-hybridized carbons (Fsp3) is 0.318. The molecule has 2 aliphatic rings. The van der Waals surface area contributed by atoms with Crippen molar-refractivity contribution in [2.45, 2.75) is 29.8 Å². The maximum absolute atomic E-state index is 13.0. The minimum atomic E-state index is -3.75. The highest BCUT2D eigenvalue weighted by atomic mass is 32.2. The number of rotatable bonds is 5. The van der Waals surface area contributed by atoms with Crippen LogP contribution in [0.5, 0.6) is 0 Å². The van der Waals surface area contributed by atoms with Crippen molar-refractivity contribution < 1.29 is 18.3 Å². The third-order valence-electron chi connectivity index (χ3n) is 5.78. The normalized spacial score (nSPS) is 25.1. The molecule has 0 bridgehead atoms. The Morgan fingerprint density at radius 2 is 1.79 bits per heavy atom. The van der Waals surface area contributed by atoms with Crippen LogP contribution in [-0.4, -0.2) is 60.4 Å². The zero-order chi connectivity index (χ0) is 20.6. The molecule has 2 aromatic rings. The van der Waals surface area contributed by atoms with Gasteiger partial charge in [0.2, 0.25) is 15.9 Å². The van der Waals surface area contributed by atoms with Gasteiger partial charge in [0.1, 0.15) is 0 Å².